The first-order chi connectivity index (χ1) is 9.48. The molecule has 0 saturated carbocycles. The summed E-state index contributed by atoms with van der Waals surface area (Å²) in [5, 5.41) is 19.3. The third kappa shape index (κ3) is 3.36. The number of hydrogen-bond acceptors (Lipinski definition) is 4. The van der Waals surface area contributed by atoms with Gasteiger partial charge in [0.05, 0.1) is 0 Å². The van der Waals surface area contributed by atoms with Gasteiger partial charge >= 0.3 is 120 Å². The number of aliphatic hydroxyl groups is 2. The van der Waals surface area contributed by atoms with E-state index < -0.39 is 18.3 Å². The van der Waals surface area contributed by atoms with Gasteiger partial charge in [-0.1, -0.05) is 0 Å². The molecule has 1 atom stereocenters. The first kappa shape index (κ1) is 15.4. The van der Waals surface area contributed by atoms with Crippen LogP contribution in [0.4, 0.5) is 0 Å². The third-order valence-corrected chi connectivity index (χ3v) is 7.63. The number of aliphatic hydroxyl groups excluding tert-OH is 1. The van der Waals surface area contributed by atoms with Crippen molar-refractivity contribution in [1.82, 2.24) is 0 Å². The maximum atomic E-state index is 12.6. The van der Waals surface area contributed by atoms with Crippen LogP contribution in [0.1, 0.15) is 32.1 Å². The summed E-state index contributed by atoms with van der Waals surface area (Å²) in [6.45, 7) is 0.00290. The Balaban J connectivity index is 2.32. The van der Waals surface area contributed by atoms with Crippen molar-refractivity contribution < 1.29 is 17.9 Å². The Morgan fingerprint density at radius 2 is 1.90 bits per heavy atom. The average Bonchev–Trinajstić information content (AvgIpc) is 2.46. The van der Waals surface area contributed by atoms with Crippen molar-refractivity contribution in [2.24, 2.45) is 0 Å². The Labute approximate surface area is 120 Å². The van der Waals surface area contributed by atoms with Crippen LogP contribution in [-0.4, -0.2) is 35.1 Å². The summed E-state index contributed by atoms with van der Waals surface area (Å²) in [4.78, 5) is 0. The van der Waals surface area contributed by atoms with Gasteiger partial charge in [0.1, 0.15) is 0 Å². The van der Waals surface area contributed by atoms with Gasteiger partial charge in [-0.3, -0.25) is 0 Å². The van der Waals surface area contributed by atoms with Crippen molar-refractivity contribution in [3.8, 4) is 0 Å². The molecule has 1 aliphatic carbocycles. The number of benzene rings is 1. The molecule has 0 heterocycles. The van der Waals surface area contributed by atoms with E-state index >= 15 is 0 Å². The molecule has 1 aromatic carbocycles. The molecule has 0 fully saturated rings. The molecule has 0 aliphatic heterocycles. The molecule has 0 bridgehead atoms. The third-order valence-electron chi connectivity index (χ3n) is 3.63. The van der Waals surface area contributed by atoms with E-state index in [1.54, 1.807) is 30.3 Å². The minimum atomic E-state index is -4.37. The normalized spacial score (nSPS) is 23.4. The van der Waals surface area contributed by atoms with Crippen molar-refractivity contribution in [1.29, 1.82) is 0 Å². The first-order valence-corrected chi connectivity index (χ1v) is 9.94. The van der Waals surface area contributed by atoms with E-state index in [0.717, 1.165) is 0 Å². The Kier molecular flexibility index (Phi) is 4.76. The van der Waals surface area contributed by atoms with Crippen molar-refractivity contribution in [2.45, 2.75) is 37.7 Å². The van der Waals surface area contributed by atoms with E-state index in [4.69, 9.17) is 5.11 Å². The van der Waals surface area contributed by atoms with Crippen molar-refractivity contribution in [2.75, 3.05) is 6.61 Å². The molecular formula is C15H20O4Se. The second-order valence-corrected chi connectivity index (χ2v) is 9.41. The monoisotopic (exact) mass is 344 g/mol. The SMILES string of the molecule is O=[Se](=O)(C1=CC(O)(CCCO)CCC1)c1ccccc1. The van der Waals surface area contributed by atoms with Crippen LogP contribution >= 0.6 is 0 Å². The van der Waals surface area contributed by atoms with Crippen LogP contribution in [-0.2, 0) is 7.67 Å². The van der Waals surface area contributed by atoms with Crippen LogP contribution in [0.2, 0.25) is 0 Å². The van der Waals surface area contributed by atoms with Gasteiger partial charge < -0.3 is 0 Å². The Hall–Kier alpha value is -1.00. The predicted molar refractivity (Wildman–Crippen MR) is 76.4 cm³/mol. The molecule has 20 heavy (non-hydrogen) atoms. The molecule has 4 nitrogen and oxygen atoms in total. The van der Waals surface area contributed by atoms with Crippen LogP contribution in [0.3, 0.4) is 0 Å². The molecule has 110 valence electrons. The quantitative estimate of drug-likeness (QED) is 0.792. The number of hydrogen-bond donors (Lipinski definition) is 2. The molecule has 0 amide bonds. The Morgan fingerprint density at radius 3 is 2.55 bits per heavy atom. The fourth-order valence-corrected chi connectivity index (χ4v) is 5.93. The molecule has 1 aliphatic rings. The Bertz CT molecular complexity index is 577. The first-order valence-electron chi connectivity index (χ1n) is 6.83. The van der Waals surface area contributed by atoms with E-state index in [-0.39, 0.29) is 6.61 Å². The summed E-state index contributed by atoms with van der Waals surface area (Å²) < 4.78 is 25.9. The zero-order valence-electron chi connectivity index (χ0n) is 11.3. The zero-order chi connectivity index (χ0) is 14.6. The number of allylic oxidation sites excluding steroid dienone is 1. The van der Waals surface area contributed by atoms with Gasteiger partial charge in [0.2, 0.25) is 0 Å². The summed E-state index contributed by atoms with van der Waals surface area (Å²) >= 11 is -4.37. The van der Waals surface area contributed by atoms with E-state index in [1.807, 2.05) is 0 Å². The molecule has 0 saturated heterocycles. The molecule has 0 spiro atoms. The van der Waals surface area contributed by atoms with Crippen molar-refractivity contribution in [3.05, 3.63) is 40.9 Å². The van der Waals surface area contributed by atoms with Crippen LogP contribution in [0.5, 0.6) is 0 Å². The van der Waals surface area contributed by atoms with E-state index in [2.05, 4.69) is 0 Å². The standard InChI is InChI=1S/C15H20O4Se/c16-11-5-10-15(17)9-4-8-14(12-15)20(18,19)13-6-2-1-3-7-13/h1-3,6-7,12,16-17H,4-5,8-11H2. The second-order valence-electron chi connectivity index (χ2n) is 5.21. The van der Waals surface area contributed by atoms with Crippen molar-refractivity contribution in [3.63, 3.8) is 0 Å². The Morgan fingerprint density at radius 1 is 1.20 bits per heavy atom. The van der Waals surface area contributed by atoms with Crippen LogP contribution in [0.15, 0.2) is 40.9 Å². The fraction of sp³-hybridized carbons (Fsp3) is 0.467. The molecule has 0 radical (unpaired) electrons. The van der Waals surface area contributed by atoms with Crippen LogP contribution in [0.25, 0.3) is 0 Å². The molecule has 0 aromatic heterocycles. The zero-order valence-corrected chi connectivity index (χ0v) is 13.0. The molecule has 2 rings (SSSR count). The van der Waals surface area contributed by atoms with E-state index in [0.29, 0.717) is 41.0 Å². The van der Waals surface area contributed by atoms with E-state index in [9.17, 15) is 12.8 Å². The van der Waals surface area contributed by atoms with Crippen LogP contribution in [0, 0.1) is 0 Å². The number of rotatable bonds is 5. The summed E-state index contributed by atoms with van der Waals surface area (Å²) in [6, 6.07) is 8.39. The van der Waals surface area contributed by atoms with E-state index in [1.165, 1.54) is 6.08 Å². The van der Waals surface area contributed by atoms with Gasteiger partial charge in [-0.25, -0.2) is 0 Å². The van der Waals surface area contributed by atoms with Gasteiger partial charge in [0, 0.05) is 0 Å². The molecule has 2 N–H and O–H groups in total. The summed E-state index contributed by atoms with van der Waals surface area (Å²) in [5.41, 5.74) is -1.09. The van der Waals surface area contributed by atoms with Crippen molar-refractivity contribution >= 4 is 17.2 Å². The van der Waals surface area contributed by atoms with Crippen LogP contribution < -0.4 is 4.46 Å². The predicted octanol–water partition coefficient (Wildman–Crippen LogP) is 1.35. The average molecular weight is 343 g/mol. The molecule has 1 aromatic rings. The summed E-state index contributed by atoms with van der Waals surface area (Å²) in [5.74, 6) is 0. The fourth-order valence-electron chi connectivity index (χ4n) is 2.56. The van der Waals surface area contributed by atoms with Gasteiger partial charge in [0.25, 0.3) is 0 Å². The van der Waals surface area contributed by atoms with Gasteiger partial charge in [0.15, 0.2) is 0 Å². The van der Waals surface area contributed by atoms with Gasteiger partial charge in [-0.15, -0.1) is 0 Å². The molecule has 1 unspecified atom stereocenters. The maximum absolute atomic E-state index is 12.6. The topological polar surface area (TPSA) is 74.6 Å². The minimum absolute atomic E-state index is 0.00290. The van der Waals surface area contributed by atoms with Gasteiger partial charge in [-0.05, 0) is 0 Å². The summed E-state index contributed by atoms with van der Waals surface area (Å²) in [6.07, 6.45) is 4.08. The molecule has 5 heteroatoms. The second kappa shape index (κ2) is 6.19. The summed E-state index contributed by atoms with van der Waals surface area (Å²) in [7, 11) is 0. The molecular weight excluding hydrogens is 323 g/mol. The van der Waals surface area contributed by atoms with Gasteiger partial charge in [-0.2, -0.15) is 0 Å².